The van der Waals surface area contributed by atoms with Crippen molar-refractivity contribution in [3.63, 3.8) is 0 Å². The van der Waals surface area contributed by atoms with Gasteiger partial charge in [0.2, 0.25) is 0 Å². The Balaban J connectivity index is 1.90. The molecule has 0 unspecified atom stereocenters. The van der Waals surface area contributed by atoms with Gasteiger partial charge in [-0.3, -0.25) is 0 Å². The van der Waals surface area contributed by atoms with Gasteiger partial charge in [0, 0.05) is 31.3 Å². The van der Waals surface area contributed by atoms with Crippen LogP contribution >= 0.6 is 0 Å². The topological polar surface area (TPSA) is 32.3 Å². The molecule has 1 aromatic rings. The number of hydrogen-bond donors (Lipinski definition) is 1. The summed E-state index contributed by atoms with van der Waals surface area (Å²) in [7, 11) is 0. The number of likely N-dealkylation sites (tertiary alicyclic amines) is 1. The van der Waals surface area contributed by atoms with Crippen LogP contribution in [0.25, 0.3) is 0 Å². The van der Waals surface area contributed by atoms with Gasteiger partial charge in [0.15, 0.2) is 0 Å². The number of hydrogen-bond acceptors (Lipinski definition) is 1. The van der Waals surface area contributed by atoms with Crippen molar-refractivity contribution >= 4 is 6.03 Å². The average molecular weight is 240 g/mol. The molecular formula is C12H14F2N2O. The molecule has 1 aliphatic rings. The van der Waals surface area contributed by atoms with Gasteiger partial charge in [-0.1, -0.05) is 6.07 Å². The minimum Gasteiger partial charge on any atom is -0.334 e. The van der Waals surface area contributed by atoms with Crippen molar-refractivity contribution in [3.8, 4) is 0 Å². The molecule has 0 aliphatic carbocycles. The number of carbonyl (C=O) groups excluding carboxylic acids is 1. The van der Waals surface area contributed by atoms with Crippen molar-refractivity contribution in [1.82, 2.24) is 10.2 Å². The van der Waals surface area contributed by atoms with Crippen molar-refractivity contribution in [1.29, 1.82) is 0 Å². The lowest BCUT2D eigenvalue weighted by atomic mass is 10.2. The molecule has 1 N–H and O–H groups in total. The van der Waals surface area contributed by atoms with Crippen LogP contribution < -0.4 is 5.32 Å². The Labute approximate surface area is 98.4 Å². The highest BCUT2D eigenvalue weighted by atomic mass is 19.1. The second kappa shape index (κ2) is 5.12. The molecule has 2 amide bonds. The van der Waals surface area contributed by atoms with E-state index in [0.717, 1.165) is 32.0 Å². The van der Waals surface area contributed by atoms with Crippen molar-refractivity contribution in [2.24, 2.45) is 0 Å². The van der Waals surface area contributed by atoms with Crippen molar-refractivity contribution in [2.45, 2.75) is 19.4 Å². The number of nitrogens with zero attached hydrogens (tertiary/aromatic N) is 1. The van der Waals surface area contributed by atoms with Crippen LogP contribution in [0.1, 0.15) is 18.4 Å². The fourth-order valence-corrected chi connectivity index (χ4v) is 1.87. The summed E-state index contributed by atoms with van der Waals surface area (Å²) >= 11 is 0. The Morgan fingerprint density at radius 2 is 2.00 bits per heavy atom. The molecule has 0 atom stereocenters. The summed E-state index contributed by atoms with van der Waals surface area (Å²) in [5.41, 5.74) is 0.291. The molecule has 0 saturated carbocycles. The molecule has 0 bridgehead atoms. The molecule has 1 aromatic carbocycles. The van der Waals surface area contributed by atoms with E-state index in [0.29, 0.717) is 5.56 Å². The first-order valence-corrected chi connectivity index (χ1v) is 5.63. The first kappa shape index (κ1) is 11.8. The maximum Gasteiger partial charge on any atom is 0.317 e. The summed E-state index contributed by atoms with van der Waals surface area (Å²) in [5.74, 6) is -1.25. The number of benzene rings is 1. The molecule has 0 spiro atoms. The molecule has 1 aliphatic heterocycles. The second-order valence-electron chi connectivity index (χ2n) is 4.09. The molecular weight excluding hydrogens is 226 g/mol. The molecule has 92 valence electrons. The van der Waals surface area contributed by atoms with Crippen LogP contribution in [0.2, 0.25) is 0 Å². The van der Waals surface area contributed by atoms with E-state index in [1.54, 1.807) is 4.90 Å². The predicted molar refractivity (Wildman–Crippen MR) is 59.4 cm³/mol. The minimum atomic E-state index is -0.633. The minimum absolute atomic E-state index is 0.0848. The van der Waals surface area contributed by atoms with Crippen LogP contribution in [0.15, 0.2) is 18.2 Å². The summed E-state index contributed by atoms with van der Waals surface area (Å²) < 4.78 is 25.9. The smallest absolute Gasteiger partial charge is 0.317 e. The monoisotopic (exact) mass is 240 g/mol. The lowest BCUT2D eigenvalue weighted by Gasteiger charge is -2.16. The Morgan fingerprint density at radius 3 is 2.65 bits per heavy atom. The zero-order chi connectivity index (χ0) is 12.3. The maximum atomic E-state index is 13.3. The third-order valence-corrected chi connectivity index (χ3v) is 2.84. The summed E-state index contributed by atoms with van der Waals surface area (Å²) in [6.45, 7) is 1.58. The van der Waals surface area contributed by atoms with Gasteiger partial charge in [0.1, 0.15) is 11.6 Å². The number of nitrogens with one attached hydrogen (secondary N) is 1. The van der Waals surface area contributed by atoms with E-state index in [1.807, 2.05) is 0 Å². The highest BCUT2D eigenvalue weighted by Gasteiger charge is 2.17. The fourth-order valence-electron chi connectivity index (χ4n) is 1.87. The molecule has 1 fully saturated rings. The zero-order valence-corrected chi connectivity index (χ0v) is 9.38. The standard InChI is InChI=1S/C12H14F2N2O/c13-10-4-3-9(11(14)7-10)8-15-12(17)16-5-1-2-6-16/h3-4,7H,1-2,5-6,8H2,(H,15,17). The molecule has 0 aromatic heterocycles. The van der Waals surface area contributed by atoms with Crippen molar-refractivity contribution in [2.75, 3.05) is 13.1 Å². The van der Waals surface area contributed by atoms with Crippen LogP contribution in [-0.4, -0.2) is 24.0 Å². The number of amides is 2. The van der Waals surface area contributed by atoms with E-state index in [9.17, 15) is 13.6 Å². The SMILES string of the molecule is O=C(NCc1ccc(F)cc1F)N1CCCC1. The third kappa shape index (κ3) is 2.93. The number of urea groups is 1. The van der Waals surface area contributed by atoms with Gasteiger partial charge in [-0.2, -0.15) is 0 Å². The summed E-state index contributed by atoms with van der Waals surface area (Å²) in [6, 6.07) is 3.15. The van der Waals surface area contributed by atoms with Crippen LogP contribution in [0, 0.1) is 11.6 Å². The summed E-state index contributed by atoms with van der Waals surface area (Å²) in [5, 5.41) is 2.63. The summed E-state index contributed by atoms with van der Waals surface area (Å²) in [4.78, 5) is 13.3. The Bertz CT molecular complexity index is 417. The van der Waals surface area contributed by atoms with Crippen LogP contribution in [-0.2, 0) is 6.54 Å². The second-order valence-corrected chi connectivity index (χ2v) is 4.09. The van der Waals surface area contributed by atoms with E-state index < -0.39 is 11.6 Å². The van der Waals surface area contributed by atoms with Gasteiger partial charge in [-0.15, -0.1) is 0 Å². The number of halogens is 2. The maximum absolute atomic E-state index is 13.3. The molecule has 17 heavy (non-hydrogen) atoms. The van der Waals surface area contributed by atoms with Crippen LogP contribution in [0.4, 0.5) is 13.6 Å². The van der Waals surface area contributed by atoms with E-state index >= 15 is 0 Å². The van der Waals surface area contributed by atoms with Crippen LogP contribution in [0.3, 0.4) is 0 Å². The van der Waals surface area contributed by atoms with E-state index in [-0.39, 0.29) is 12.6 Å². The Kier molecular flexibility index (Phi) is 3.56. The lowest BCUT2D eigenvalue weighted by molar-refractivity contribution is 0.208. The van der Waals surface area contributed by atoms with E-state index in [1.165, 1.54) is 12.1 Å². The average Bonchev–Trinajstić information content (AvgIpc) is 2.81. The third-order valence-electron chi connectivity index (χ3n) is 2.84. The van der Waals surface area contributed by atoms with Gasteiger partial charge in [-0.25, -0.2) is 13.6 Å². The van der Waals surface area contributed by atoms with Gasteiger partial charge < -0.3 is 10.2 Å². The molecule has 0 radical (unpaired) electrons. The number of rotatable bonds is 2. The fraction of sp³-hybridized carbons (Fsp3) is 0.417. The van der Waals surface area contributed by atoms with Gasteiger partial charge in [-0.05, 0) is 18.9 Å². The van der Waals surface area contributed by atoms with E-state index in [4.69, 9.17) is 0 Å². The molecule has 2 rings (SSSR count). The highest BCUT2D eigenvalue weighted by molar-refractivity contribution is 5.74. The van der Waals surface area contributed by atoms with Gasteiger partial charge in [0.25, 0.3) is 0 Å². The molecule has 1 saturated heterocycles. The van der Waals surface area contributed by atoms with E-state index in [2.05, 4.69) is 5.32 Å². The van der Waals surface area contributed by atoms with Crippen molar-refractivity contribution in [3.05, 3.63) is 35.4 Å². The quantitative estimate of drug-likeness (QED) is 0.845. The first-order valence-electron chi connectivity index (χ1n) is 5.63. The molecule has 5 heteroatoms. The normalized spacial score (nSPS) is 15.1. The molecule has 1 heterocycles. The zero-order valence-electron chi connectivity index (χ0n) is 9.38. The first-order chi connectivity index (χ1) is 8.16. The highest BCUT2D eigenvalue weighted by Crippen LogP contribution is 2.10. The lowest BCUT2D eigenvalue weighted by Crippen LogP contribution is -2.37. The van der Waals surface area contributed by atoms with Crippen LogP contribution in [0.5, 0.6) is 0 Å². The summed E-state index contributed by atoms with van der Waals surface area (Å²) in [6.07, 6.45) is 2.02. The predicted octanol–water partition coefficient (Wildman–Crippen LogP) is 2.27. The Hall–Kier alpha value is -1.65. The van der Waals surface area contributed by atoms with Gasteiger partial charge in [0.05, 0.1) is 0 Å². The molecule has 3 nitrogen and oxygen atoms in total. The van der Waals surface area contributed by atoms with Crippen molar-refractivity contribution < 1.29 is 13.6 Å². The Morgan fingerprint density at radius 1 is 1.29 bits per heavy atom. The van der Waals surface area contributed by atoms with Gasteiger partial charge >= 0.3 is 6.03 Å². The number of carbonyl (C=O) groups is 1. The largest absolute Gasteiger partial charge is 0.334 e.